The van der Waals surface area contributed by atoms with Crippen LogP contribution >= 0.6 is 11.3 Å². The Morgan fingerprint density at radius 1 is 1.32 bits per heavy atom. The summed E-state index contributed by atoms with van der Waals surface area (Å²) in [5.41, 5.74) is 1.83. The van der Waals surface area contributed by atoms with E-state index < -0.39 is 9.84 Å². The Morgan fingerprint density at radius 3 is 2.77 bits per heavy atom. The molecule has 0 unspecified atom stereocenters. The zero-order chi connectivity index (χ0) is 15.6. The van der Waals surface area contributed by atoms with E-state index in [0.29, 0.717) is 6.61 Å². The molecular weight excluding hydrogens is 318 g/mol. The molecule has 2 heterocycles. The summed E-state index contributed by atoms with van der Waals surface area (Å²) in [4.78, 5) is 5.35. The van der Waals surface area contributed by atoms with E-state index in [9.17, 15) is 8.42 Å². The zero-order valence-electron chi connectivity index (χ0n) is 12.5. The topological polar surface area (TPSA) is 56.3 Å². The van der Waals surface area contributed by atoms with E-state index in [1.54, 1.807) is 0 Å². The Bertz CT molecular complexity index is 732. The van der Waals surface area contributed by atoms with Gasteiger partial charge in [-0.3, -0.25) is 0 Å². The Labute approximate surface area is 135 Å². The number of sulfone groups is 1. The van der Waals surface area contributed by atoms with Gasteiger partial charge in [-0.05, 0) is 19.8 Å². The summed E-state index contributed by atoms with van der Waals surface area (Å²) < 4.78 is 30.1. The first-order chi connectivity index (χ1) is 10.5. The maximum atomic E-state index is 12.4. The predicted octanol–water partition coefficient (Wildman–Crippen LogP) is 3.21. The minimum atomic E-state index is -3.16. The molecule has 1 atom stereocenters. The van der Waals surface area contributed by atoms with Gasteiger partial charge in [0, 0.05) is 17.0 Å². The summed E-state index contributed by atoms with van der Waals surface area (Å²) in [6, 6.07) is 9.85. The van der Waals surface area contributed by atoms with Crippen LogP contribution < -0.4 is 0 Å². The predicted molar refractivity (Wildman–Crippen MR) is 88.8 cm³/mol. The van der Waals surface area contributed by atoms with Crippen LogP contribution in [0.25, 0.3) is 10.6 Å². The smallest absolute Gasteiger partial charge is 0.157 e. The van der Waals surface area contributed by atoms with Gasteiger partial charge in [-0.25, -0.2) is 13.4 Å². The molecule has 0 N–H and O–H groups in total. The van der Waals surface area contributed by atoms with Gasteiger partial charge in [-0.15, -0.1) is 11.3 Å². The summed E-state index contributed by atoms with van der Waals surface area (Å²) in [6.45, 7) is 2.55. The van der Waals surface area contributed by atoms with Crippen molar-refractivity contribution in [3.63, 3.8) is 0 Å². The fourth-order valence-electron chi connectivity index (χ4n) is 2.58. The second-order valence-electron chi connectivity index (χ2n) is 5.58. The minimum absolute atomic E-state index is 0.0587. The molecule has 118 valence electrons. The van der Waals surface area contributed by atoms with Crippen molar-refractivity contribution in [2.45, 2.75) is 31.6 Å². The molecule has 3 rings (SSSR count). The third kappa shape index (κ3) is 3.74. The maximum absolute atomic E-state index is 12.4. The number of aryl methyl sites for hydroxylation is 1. The fraction of sp³-hybridized carbons (Fsp3) is 0.438. The first-order valence-electron chi connectivity index (χ1n) is 7.37. The van der Waals surface area contributed by atoms with Gasteiger partial charge in [0.1, 0.15) is 5.01 Å². The van der Waals surface area contributed by atoms with E-state index in [-0.39, 0.29) is 17.6 Å². The van der Waals surface area contributed by atoms with E-state index in [0.717, 1.165) is 34.0 Å². The summed E-state index contributed by atoms with van der Waals surface area (Å²) in [7, 11) is -3.16. The van der Waals surface area contributed by atoms with Gasteiger partial charge in [-0.2, -0.15) is 0 Å². The number of aromatic nitrogens is 1. The van der Waals surface area contributed by atoms with Crippen LogP contribution in [-0.2, 0) is 20.3 Å². The van der Waals surface area contributed by atoms with Gasteiger partial charge in [-0.1, -0.05) is 30.3 Å². The van der Waals surface area contributed by atoms with E-state index in [1.165, 1.54) is 11.3 Å². The molecule has 1 aliphatic heterocycles. The van der Waals surface area contributed by atoms with Gasteiger partial charge in [0.2, 0.25) is 0 Å². The average Bonchev–Trinajstić information content (AvgIpc) is 3.10. The van der Waals surface area contributed by atoms with Crippen molar-refractivity contribution in [2.75, 3.05) is 12.4 Å². The summed E-state index contributed by atoms with van der Waals surface area (Å²) in [5.74, 6) is 0.175. The van der Waals surface area contributed by atoms with Crippen LogP contribution in [0.1, 0.15) is 23.4 Å². The number of benzene rings is 1. The van der Waals surface area contributed by atoms with Gasteiger partial charge < -0.3 is 4.74 Å². The third-order valence-corrected chi connectivity index (χ3v) is 6.73. The maximum Gasteiger partial charge on any atom is 0.157 e. The standard InChI is InChI=1S/C16H19NO3S2/c1-12-15(11-22(18,19)10-14-8-5-9-20-14)21-16(17-12)13-6-3-2-4-7-13/h2-4,6-7,14H,5,8-11H2,1H3/t14-/m0/s1. The van der Waals surface area contributed by atoms with Crippen LogP contribution in [0.5, 0.6) is 0 Å². The lowest BCUT2D eigenvalue weighted by atomic mass is 10.2. The van der Waals surface area contributed by atoms with E-state index >= 15 is 0 Å². The van der Waals surface area contributed by atoms with Gasteiger partial charge >= 0.3 is 0 Å². The molecule has 1 aromatic carbocycles. The third-order valence-electron chi connectivity index (χ3n) is 3.73. The van der Waals surface area contributed by atoms with Gasteiger partial charge in [0.05, 0.1) is 23.3 Å². The van der Waals surface area contributed by atoms with Crippen LogP contribution in [0, 0.1) is 6.92 Å². The second kappa shape index (κ2) is 6.48. The molecule has 0 spiro atoms. The van der Waals surface area contributed by atoms with Crippen LogP contribution in [0.4, 0.5) is 0 Å². The van der Waals surface area contributed by atoms with Crippen molar-refractivity contribution in [3.05, 3.63) is 40.9 Å². The monoisotopic (exact) mass is 337 g/mol. The van der Waals surface area contributed by atoms with Crippen molar-refractivity contribution in [1.82, 2.24) is 4.98 Å². The lowest BCUT2D eigenvalue weighted by molar-refractivity contribution is 0.127. The van der Waals surface area contributed by atoms with E-state index in [4.69, 9.17) is 4.74 Å². The quantitative estimate of drug-likeness (QED) is 0.840. The molecule has 1 fully saturated rings. The number of ether oxygens (including phenoxy) is 1. The van der Waals surface area contributed by atoms with E-state index in [1.807, 2.05) is 37.3 Å². The van der Waals surface area contributed by atoms with Crippen molar-refractivity contribution < 1.29 is 13.2 Å². The largest absolute Gasteiger partial charge is 0.377 e. The highest BCUT2D eigenvalue weighted by atomic mass is 32.2. The van der Waals surface area contributed by atoms with Gasteiger partial charge in [0.15, 0.2) is 9.84 Å². The molecule has 1 saturated heterocycles. The number of hydrogen-bond donors (Lipinski definition) is 0. The van der Waals surface area contributed by atoms with Crippen molar-refractivity contribution in [3.8, 4) is 10.6 Å². The molecule has 0 saturated carbocycles. The summed E-state index contributed by atoms with van der Waals surface area (Å²) in [6.07, 6.45) is 1.67. The molecule has 22 heavy (non-hydrogen) atoms. The lowest BCUT2D eigenvalue weighted by Crippen LogP contribution is -2.21. The van der Waals surface area contributed by atoms with Crippen molar-refractivity contribution >= 4 is 21.2 Å². The van der Waals surface area contributed by atoms with Gasteiger partial charge in [0.25, 0.3) is 0 Å². The molecule has 0 aliphatic carbocycles. The van der Waals surface area contributed by atoms with Crippen LogP contribution in [0.3, 0.4) is 0 Å². The highest BCUT2D eigenvalue weighted by molar-refractivity contribution is 7.90. The van der Waals surface area contributed by atoms with Crippen LogP contribution in [0.15, 0.2) is 30.3 Å². The fourth-order valence-corrected chi connectivity index (χ4v) is 5.78. The number of nitrogens with zero attached hydrogens (tertiary/aromatic N) is 1. The molecular formula is C16H19NO3S2. The summed E-state index contributed by atoms with van der Waals surface area (Å²) in [5, 5.41) is 0.875. The number of hydrogen-bond acceptors (Lipinski definition) is 5. The van der Waals surface area contributed by atoms with Crippen LogP contribution in [0.2, 0.25) is 0 Å². The molecule has 0 amide bonds. The number of rotatable bonds is 5. The Balaban J connectivity index is 1.76. The Morgan fingerprint density at radius 2 is 2.09 bits per heavy atom. The Hall–Kier alpha value is -1.24. The molecule has 1 aromatic heterocycles. The molecule has 0 radical (unpaired) electrons. The highest BCUT2D eigenvalue weighted by Crippen LogP contribution is 2.29. The molecule has 1 aliphatic rings. The molecule has 0 bridgehead atoms. The molecule has 6 heteroatoms. The SMILES string of the molecule is Cc1nc(-c2ccccc2)sc1CS(=O)(=O)C[C@@H]1CCCO1. The zero-order valence-corrected chi connectivity index (χ0v) is 14.1. The average molecular weight is 337 g/mol. The minimum Gasteiger partial charge on any atom is -0.377 e. The Kier molecular flexibility index (Phi) is 4.61. The first-order valence-corrected chi connectivity index (χ1v) is 10.0. The van der Waals surface area contributed by atoms with Crippen molar-refractivity contribution in [2.24, 2.45) is 0 Å². The lowest BCUT2D eigenvalue weighted by Gasteiger charge is -2.09. The summed E-state index contributed by atoms with van der Waals surface area (Å²) >= 11 is 1.47. The normalized spacial score (nSPS) is 18.7. The van der Waals surface area contributed by atoms with Crippen molar-refractivity contribution in [1.29, 1.82) is 0 Å². The second-order valence-corrected chi connectivity index (χ2v) is 8.78. The van der Waals surface area contributed by atoms with E-state index in [2.05, 4.69) is 4.98 Å². The highest BCUT2D eigenvalue weighted by Gasteiger charge is 2.25. The molecule has 4 nitrogen and oxygen atoms in total. The number of thiazole rings is 1. The molecule has 2 aromatic rings. The van der Waals surface area contributed by atoms with Crippen LogP contribution in [-0.4, -0.2) is 31.9 Å². The first kappa shape index (κ1) is 15.6.